The van der Waals surface area contributed by atoms with Gasteiger partial charge in [-0.2, -0.15) is 0 Å². The lowest BCUT2D eigenvalue weighted by atomic mass is 10.1. The van der Waals surface area contributed by atoms with E-state index in [1.807, 2.05) is 13.8 Å². The van der Waals surface area contributed by atoms with E-state index < -0.39 is 11.8 Å². The Morgan fingerprint density at radius 3 is 2.70 bits per heavy atom. The third-order valence-electron chi connectivity index (χ3n) is 2.88. The fourth-order valence-corrected chi connectivity index (χ4v) is 1.78. The zero-order valence-corrected chi connectivity index (χ0v) is 11.4. The number of hydrogen-bond acceptors (Lipinski definition) is 2. The largest absolute Gasteiger partial charge is 0.323 e. The fraction of sp³-hybridized carbons (Fsp3) is 0.200. The fourth-order valence-electron chi connectivity index (χ4n) is 1.78. The summed E-state index contributed by atoms with van der Waals surface area (Å²) in [5.74, 6) is -0.396. The Balaban J connectivity index is 2.06. The van der Waals surface area contributed by atoms with Gasteiger partial charge >= 0.3 is 6.03 Å². The average Bonchev–Trinajstić information content (AvgIpc) is 2.44. The molecule has 0 spiro atoms. The molecule has 0 aliphatic carbocycles. The molecule has 1 aromatic heterocycles. The van der Waals surface area contributed by atoms with E-state index in [9.17, 15) is 9.18 Å². The molecule has 20 heavy (non-hydrogen) atoms. The molecule has 1 aromatic carbocycles. The van der Waals surface area contributed by atoms with Crippen molar-refractivity contribution in [3.63, 3.8) is 0 Å². The van der Waals surface area contributed by atoms with Gasteiger partial charge in [0.25, 0.3) is 0 Å². The molecular formula is C15H16FN3O. The Hall–Kier alpha value is -2.43. The van der Waals surface area contributed by atoms with Crippen molar-refractivity contribution in [2.45, 2.75) is 20.3 Å². The Kier molecular flexibility index (Phi) is 4.30. The monoisotopic (exact) mass is 273 g/mol. The van der Waals surface area contributed by atoms with Gasteiger partial charge in [-0.15, -0.1) is 0 Å². The van der Waals surface area contributed by atoms with E-state index in [4.69, 9.17) is 0 Å². The van der Waals surface area contributed by atoms with E-state index in [1.165, 1.54) is 6.07 Å². The molecule has 0 fully saturated rings. The van der Waals surface area contributed by atoms with Gasteiger partial charge in [-0.05, 0) is 37.1 Å². The number of aryl methyl sites for hydroxylation is 2. The number of nitrogens with one attached hydrogen (secondary N) is 2. The van der Waals surface area contributed by atoms with E-state index in [0.29, 0.717) is 17.7 Å². The summed E-state index contributed by atoms with van der Waals surface area (Å²) < 4.78 is 14.0. The zero-order chi connectivity index (χ0) is 14.5. The number of rotatable bonds is 3. The standard InChI is InChI=1S/C15H16FN3O/c1-3-11-5-4-6-13(14(11)16)19-15(20)18-12-8-7-10(2)17-9-12/h4-9H,3H2,1-2H3,(H2,18,19,20). The van der Waals surface area contributed by atoms with Gasteiger partial charge in [0.05, 0.1) is 17.6 Å². The molecule has 2 aromatic rings. The molecule has 5 heteroatoms. The minimum absolute atomic E-state index is 0.168. The van der Waals surface area contributed by atoms with Gasteiger partial charge < -0.3 is 10.6 Å². The zero-order valence-electron chi connectivity index (χ0n) is 11.4. The summed E-state index contributed by atoms with van der Waals surface area (Å²) >= 11 is 0. The second-order valence-electron chi connectivity index (χ2n) is 4.40. The summed E-state index contributed by atoms with van der Waals surface area (Å²) in [6, 6.07) is 7.96. The van der Waals surface area contributed by atoms with E-state index in [0.717, 1.165) is 5.69 Å². The quantitative estimate of drug-likeness (QED) is 0.895. The third kappa shape index (κ3) is 3.32. The van der Waals surface area contributed by atoms with Crippen LogP contribution in [0.2, 0.25) is 0 Å². The summed E-state index contributed by atoms with van der Waals surface area (Å²) in [6.45, 7) is 3.72. The van der Waals surface area contributed by atoms with Crippen molar-refractivity contribution in [1.29, 1.82) is 0 Å². The van der Waals surface area contributed by atoms with Gasteiger partial charge in [-0.3, -0.25) is 4.98 Å². The van der Waals surface area contributed by atoms with Crippen LogP contribution in [-0.4, -0.2) is 11.0 Å². The highest BCUT2D eigenvalue weighted by Gasteiger charge is 2.09. The smallest absolute Gasteiger partial charge is 0.306 e. The Labute approximate surface area is 117 Å². The van der Waals surface area contributed by atoms with Gasteiger partial charge in [0.2, 0.25) is 0 Å². The molecule has 0 unspecified atom stereocenters. The van der Waals surface area contributed by atoms with Crippen molar-refractivity contribution in [3.05, 3.63) is 53.6 Å². The number of halogens is 1. The third-order valence-corrected chi connectivity index (χ3v) is 2.88. The van der Waals surface area contributed by atoms with Gasteiger partial charge in [0.15, 0.2) is 0 Å². The number of carbonyl (C=O) groups is 1. The first-order valence-electron chi connectivity index (χ1n) is 6.38. The lowest BCUT2D eigenvalue weighted by molar-refractivity contribution is 0.262. The van der Waals surface area contributed by atoms with Crippen LogP contribution in [-0.2, 0) is 6.42 Å². The Bertz CT molecular complexity index is 611. The van der Waals surface area contributed by atoms with Crippen LogP contribution in [0, 0.1) is 12.7 Å². The highest BCUT2D eigenvalue weighted by molar-refractivity contribution is 5.99. The molecule has 4 nitrogen and oxygen atoms in total. The van der Waals surface area contributed by atoms with E-state index in [1.54, 1.807) is 30.5 Å². The molecule has 1 heterocycles. The molecule has 0 saturated heterocycles. The summed E-state index contributed by atoms with van der Waals surface area (Å²) in [5, 5.41) is 5.10. The van der Waals surface area contributed by atoms with Crippen molar-refractivity contribution >= 4 is 17.4 Å². The summed E-state index contributed by atoms with van der Waals surface area (Å²) in [7, 11) is 0. The Morgan fingerprint density at radius 1 is 1.25 bits per heavy atom. The van der Waals surface area contributed by atoms with Crippen LogP contribution in [0.1, 0.15) is 18.2 Å². The summed E-state index contributed by atoms with van der Waals surface area (Å²) in [6.07, 6.45) is 2.12. The SMILES string of the molecule is CCc1cccc(NC(=O)Nc2ccc(C)nc2)c1F. The van der Waals surface area contributed by atoms with Crippen molar-refractivity contribution < 1.29 is 9.18 Å². The van der Waals surface area contributed by atoms with Crippen LogP contribution in [0.3, 0.4) is 0 Å². The lowest BCUT2D eigenvalue weighted by Crippen LogP contribution is -2.20. The van der Waals surface area contributed by atoms with Crippen LogP contribution >= 0.6 is 0 Å². The molecule has 0 aliphatic heterocycles. The number of carbonyl (C=O) groups excluding carboxylic acids is 1. The number of aromatic nitrogens is 1. The summed E-state index contributed by atoms with van der Waals surface area (Å²) in [4.78, 5) is 15.9. The maximum Gasteiger partial charge on any atom is 0.323 e. The molecule has 0 bridgehead atoms. The minimum atomic E-state index is -0.497. The van der Waals surface area contributed by atoms with Crippen LogP contribution in [0.4, 0.5) is 20.6 Å². The maximum absolute atomic E-state index is 14.0. The molecule has 2 rings (SSSR count). The molecule has 0 atom stereocenters. The molecule has 2 N–H and O–H groups in total. The van der Waals surface area contributed by atoms with Crippen LogP contribution in [0.25, 0.3) is 0 Å². The molecule has 0 aliphatic rings. The van der Waals surface area contributed by atoms with Gasteiger partial charge in [0.1, 0.15) is 5.82 Å². The number of pyridine rings is 1. The van der Waals surface area contributed by atoms with E-state index in [-0.39, 0.29) is 5.69 Å². The van der Waals surface area contributed by atoms with Crippen molar-refractivity contribution in [2.75, 3.05) is 10.6 Å². The van der Waals surface area contributed by atoms with Gasteiger partial charge in [0, 0.05) is 5.69 Å². The second-order valence-corrected chi connectivity index (χ2v) is 4.40. The molecule has 2 amide bonds. The molecule has 0 radical (unpaired) electrons. The van der Waals surface area contributed by atoms with Gasteiger partial charge in [-0.25, -0.2) is 9.18 Å². The first-order valence-corrected chi connectivity index (χ1v) is 6.38. The summed E-state index contributed by atoms with van der Waals surface area (Å²) in [5.41, 5.74) is 2.15. The van der Waals surface area contributed by atoms with Crippen molar-refractivity contribution in [3.8, 4) is 0 Å². The van der Waals surface area contributed by atoms with Crippen LogP contribution in [0.15, 0.2) is 36.5 Å². The molecule has 0 saturated carbocycles. The topological polar surface area (TPSA) is 54.0 Å². The van der Waals surface area contributed by atoms with Crippen LogP contribution in [0.5, 0.6) is 0 Å². The average molecular weight is 273 g/mol. The van der Waals surface area contributed by atoms with Crippen molar-refractivity contribution in [1.82, 2.24) is 4.98 Å². The normalized spacial score (nSPS) is 10.2. The highest BCUT2D eigenvalue weighted by Crippen LogP contribution is 2.18. The van der Waals surface area contributed by atoms with Gasteiger partial charge in [-0.1, -0.05) is 19.1 Å². The van der Waals surface area contributed by atoms with Crippen molar-refractivity contribution in [2.24, 2.45) is 0 Å². The van der Waals surface area contributed by atoms with Crippen LogP contribution < -0.4 is 10.6 Å². The predicted molar refractivity (Wildman–Crippen MR) is 77.4 cm³/mol. The number of anilines is 2. The second kappa shape index (κ2) is 6.14. The number of nitrogens with zero attached hydrogens (tertiary/aromatic N) is 1. The molecule has 104 valence electrons. The Morgan fingerprint density at radius 2 is 2.05 bits per heavy atom. The number of benzene rings is 1. The van der Waals surface area contributed by atoms with E-state index >= 15 is 0 Å². The first kappa shape index (κ1) is 14.0. The number of amides is 2. The number of urea groups is 1. The lowest BCUT2D eigenvalue weighted by Gasteiger charge is -2.10. The molecular weight excluding hydrogens is 257 g/mol. The van der Waals surface area contributed by atoms with E-state index in [2.05, 4.69) is 15.6 Å². The highest BCUT2D eigenvalue weighted by atomic mass is 19.1. The number of hydrogen-bond donors (Lipinski definition) is 2. The first-order chi connectivity index (χ1) is 9.60. The maximum atomic E-state index is 14.0. The minimum Gasteiger partial charge on any atom is -0.306 e. The predicted octanol–water partition coefficient (Wildman–Crippen LogP) is 3.74.